The molecule has 0 bridgehead atoms. The third-order valence-corrected chi connectivity index (χ3v) is 3.90. The van der Waals surface area contributed by atoms with E-state index in [1.807, 2.05) is 0 Å². The van der Waals surface area contributed by atoms with Gasteiger partial charge in [0.1, 0.15) is 5.82 Å². The van der Waals surface area contributed by atoms with Gasteiger partial charge in [0.15, 0.2) is 0 Å². The highest BCUT2D eigenvalue weighted by Crippen LogP contribution is 2.21. The highest BCUT2D eigenvalue weighted by atomic mass is 35.5. The molecule has 3 nitrogen and oxygen atoms in total. The second-order valence-corrected chi connectivity index (χ2v) is 5.42. The lowest BCUT2D eigenvalue weighted by molar-refractivity contribution is -0.121. The van der Waals surface area contributed by atoms with E-state index < -0.39 is 0 Å². The summed E-state index contributed by atoms with van der Waals surface area (Å²) in [7, 11) is 0. The molecule has 0 aliphatic carbocycles. The maximum Gasteiger partial charge on any atom is 0.221 e. The molecule has 1 saturated heterocycles. The quantitative estimate of drug-likeness (QED) is 0.820. The topological polar surface area (TPSA) is 41.1 Å². The molecule has 1 unspecified atom stereocenters. The minimum absolute atomic E-state index is 0. The molecule has 1 aromatic carbocycles. The van der Waals surface area contributed by atoms with E-state index in [-0.39, 0.29) is 30.2 Å². The van der Waals surface area contributed by atoms with Gasteiger partial charge in [-0.05, 0) is 25.1 Å². The number of carbonyl (C=O) groups excluding carboxylic acids is 1. The number of amides is 1. The van der Waals surface area contributed by atoms with Gasteiger partial charge in [-0.3, -0.25) is 4.79 Å². The summed E-state index contributed by atoms with van der Waals surface area (Å²) >= 11 is 1.38. The van der Waals surface area contributed by atoms with E-state index in [0.29, 0.717) is 17.1 Å². The molecule has 0 aromatic heterocycles. The molecule has 0 radical (unpaired) electrons. The van der Waals surface area contributed by atoms with Gasteiger partial charge in [-0.1, -0.05) is 12.1 Å². The van der Waals surface area contributed by atoms with Gasteiger partial charge >= 0.3 is 0 Å². The first-order valence-corrected chi connectivity index (χ1v) is 7.11. The number of rotatable bonds is 5. The summed E-state index contributed by atoms with van der Waals surface area (Å²) in [5, 5.41) is 6.17. The first-order chi connectivity index (χ1) is 8.75. The molecular formula is C13H18ClFN2OS. The largest absolute Gasteiger partial charge is 0.352 e. The van der Waals surface area contributed by atoms with E-state index in [0.717, 1.165) is 19.5 Å². The van der Waals surface area contributed by atoms with Crippen LogP contribution >= 0.6 is 24.2 Å². The zero-order valence-corrected chi connectivity index (χ0v) is 12.2. The summed E-state index contributed by atoms with van der Waals surface area (Å²) in [4.78, 5) is 12.2. The number of hydrogen-bond donors (Lipinski definition) is 2. The van der Waals surface area contributed by atoms with E-state index in [9.17, 15) is 9.18 Å². The van der Waals surface area contributed by atoms with Crippen molar-refractivity contribution in [1.29, 1.82) is 0 Å². The smallest absolute Gasteiger partial charge is 0.221 e. The minimum Gasteiger partial charge on any atom is -0.352 e. The number of hydrogen-bond acceptors (Lipinski definition) is 3. The Balaban J connectivity index is 0.00000180. The summed E-state index contributed by atoms with van der Waals surface area (Å²) in [6.07, 6.45) is 1.42. The van der Waals surface area contributed by atoms with E-state index in [2.05, 4.69) is 10.6 Å². The highest BCUT2D eigenvalue weighted by Gasteiger charge is 2.16. The van der Waals surface area contributed by atoms with Crippen molar-refractivity contribution in [2.75, 3.05) is 18.8 Å². The van der Waals surface area contributed by atoms with Gasteiger partial charge in [0.25, 0.3) is 0 Å². The fourth-order valence-electron chi connectivity index (χ4n) is 1.89. The molecule has 2 rings (SSSR count). The Morgan fingerprint density at radius 2 is 2.26 bits per heavy atom. The summed E-state index contributed by atoms with van der Waals surface area (Å²) in [5.41, 5.74) is 0. The van der Waals surface area contributed by atoms with Crippen LogP contribution in [0, 0.1) is 5.82 Å². The van der Waals surface area contributed by atoms with Crippen LogP contribution in [0.2, 0.25) is 0 Å². The number of thioether (sulfide) groups is 1. The molecule has 2 N–H and O–H groups in total. The zero-order chi connectivity index (χ0) is 12.8. The van der Waals surface area contributed by atoms with E-state index in [1.54, 1.807) is 18.2 Å². The number of carbonyl (C=O) groups is 1. The van der Waals surface area contributed by atoms with Gasteiger partial charge in [0.05, 0.1) is 0 Å². The molecular weight excluding hydrogens is 287 g/mol. The molecule has 1 aromatic rings. The lowest BCUT2D eigenvalue weighted by atomic mass is 10.2. The van der Waals surface area contributed by atoms with Crippen LogP contribution in [-0.2, 0) is 4.79 Å². The Labute approximate surface area is 123 Å². The molecule has 6 heteroatoms. The summed E-state index contributed by atoms with van der Waals surface area (Å²) < 4.78 is 13.3. The second kappa shape index (κ2) is 8.40. The predicted octanol–water partition coefficient (Wildman–Crippen LogP) is 2.21. The Kier molecular flexibility index (Phi) is 7.20. The van der Waals surface area contributed by atoms with Crippen molar-refractivity contribution in [2.24, 2.45) is 0 Å². The zero-order valence-electron chi connectivity index (χ0n) is 10.5. The van der Waals surface area contributed by atoms with Gasteiger partial charge in [0.2, 0.25) is 5.91 Å². The third kappa shape index (κ3) is 5.38. The van der Waals surface area contributed by atoms with Gasteiger partial charge in [-0.15, -0.1) is 24.2 Å². The van der Waals surface area contributed by atoms with Crippen LogP contribution < -0.4 is 10.6 Å². The highest BCUT2D eigenvalue weighted by molar-refractivity contribution is 7.99. The lowest BCUT2D eigenvalue weighted by Crippen LogP contribution is -2.36. The fraction of sp³-hybridized carbons (Fsp3) is 0.462. The normalized spacial score (nSPS) is 17.8. The van der Waals surface area contributed by atoms with Crippen LogP contribution in [0.1, 0.15) is 12.8 Å². The van der Waals surface area contributed by atoms with Crippen molar-refractivity contribution in [3.05, 3.63) is 30.1 Å². The van der Waals surface area contributed by atoms with E-state index >= 15 is 0 Å². The minimum atomic E-state index is -0.220. The van der Waals surface area contributed by atoms with Gasteiger partial charge in [-0.2, -0.15) is 0 Å². The van der Waals surface area contributed by atoms with Gasteiger partial charge in [-0.25, -0.2) is 4.39 Å². The molecule has 1 aliphatic rings. The number of benzene rings is 1. The SMILES string of the molecule is Cl.O=C(CCSc1ccccc1F)NC1CCNC1. The van der Waals surface area contributed by atoms with Crippen molar-refractivity contribution in [3.63, 3.8) is 0 Å². The second-order valence-electron chi connectivity index (χ2n) is 4.29. The molecule has 0 saturated carbocycles. The first-order valence-electron chi connectivity index (χ1n) is 6.13. The van der Waals surface area contributed by atoms with Crippen LogP contribution in [0.15, 0.2) is 29.2 Å². The Morgan fingerprint density at radius 1 is 1.47 bits per heavy atom. The van der Waals surface area contributed by atoms with E-state index in [4.69, 9.17) is 0 Å². The summed E-state index contributed by atoms with van der Waals surface area (Å²) in [5.74, 6) is 0.433. The monoisotopic (exact) mass is 304 g/mol. The molecule has 1 aliphatic heterocycles. The van der Waals surface area contributed by atoms with Crippen molar-refractivity contribution >= 4 is 30.1 Å². The first kappa shape index (κ1) is 16.3. The lowest BCUT2D eigenvalue weighted by Gasteiger charge is -2.10. The fourth-order valence-corrected chi connectivity index (χ4v) is 2.78. The van der Waals surface area contributed by atoms with Crippen LogP contribution in [-0.4, -0.2) is 30.8 Å². The maximum absolute atomic E-state index is 13.3. The number of halogens is 2. The standard InChI is InChI=1S/C13H17FN2OS.ClH/c14-11-3-1-2-4-12(11)18-8-6-13(17)16-10-5-7-15-9-10;/h1-4,10,15H,5-9H2,(H,16,17);1H. The summed E-state index contributed by atoms with van der Waals surface area (Å²) in [6, 6.07) is 6.90. The molecule has 1 heterocycles. The average molecular weight is 305 g/mol. The molecule has 1 amide bonds. The predicted molar refractivity (Wildman–Crippen MR) is 78.4 cm³/mol. The number of nitrogens with one attached hydrogen (secondary N) is 2. The average Bonchev–Trinajstić information content (AvgIpc) is 2.84. The van der Waals surface area contributed by atoms with Crippen LogP contribution in [0.5, 0.6) is 0 Å². The van der Waals surface area contributed by atoms with Crippen LogP contribution in [0.3, 0.4) is 0 Å². The van der Waals surface area contributed by atoms with Gasteiger partial charge in [0, 0.05) is 29.7 Å². The molecule has 19 heavy (non-hydrogen) atoms. The molecule has 106 valence electrons. The van der Waals surface area contributed by atoms with Gasteiger partial charge < -0.3 is 10.6 Å². The third-order valence-electron chi connectivity index (χ3n) is 2.85. The Bertz CT molecular complexity index is 413. The summed E-state index contributed by atoms with van der Waals surface area (Å²) in [6.45, 7) is 1.82. The molecule has 0 spiro atoms. The Hall–Kier alpha value is -0.780. The van der Waals surface area contributed by atoms with Crippen molar-refractivity contribution in [2.45, 2.75) is 23.8 Å². The van der Waals surface area contributed by atoms with Crippen molar-refractivity contribution in [1.82, 2.24) is 10.6 Å². The van der Waals surface area contributed by atoms with Crippen molar-refractivity contribution < 1.29 is 9.18 Å². The van der Waals surface area contributed by atoms with Crippen LogP contribution in [0.4, 0.5) is 4.39 Å². The molecule has 1 atom stereocenters. The van der Waals surface area contributed by atoms with Crippen molar-refractivity contribution in [3.8, 4) is 0 Å². The van der Waals surface area contributed by atoms with Crippen LogP contribution in [0.25, 0.3) is 0 Å². The molecule has 1 fully saturated rings. The van der Waals surface area contributed by atoms with E-state index in [1.165, 1.54) is 17.8 Å². The Morgan fingerprint density at radius 3 is 2.95 bits per heavy atom. The maximum atomic E-state index is 13.3.